The Kier molecular flexibility index (Phi) is 4.42. The SMILES string of the molecule is Cc1ccc(C(=O)C2CCCN2C(=O)c2ccc(F)c(F)c2)cc1. The van der Waals surface area contributed by atoms with Gasteiger partial charge in [-0.2, -0.15) is 0 Å². The maximum absolute atomic E-state index is 13.4. The third kappa shape index (κ3) is 3.07. The monoisotopic (exact) mass is 329 g/mol. The lowest BCUT2D eigenvalue weighted by Gasteiger charge is -2.24. The van der Waals surface area contributed by atoms with Gasteiger partial charge in [-0.1, -0.05) is 29.8 Å². The third-order valence-corrected chi connectivity index (χ3v) is 4.32. The van der Waals surface area contributed by atoms with Crippen LogP contribution in [0.2, 0.25) is 0 Å². The number of Topliss-reactive ketones (excluding diaryl/α,β-unsaturated/α-hetero) is 1. The van der Waals surface area contributed by atoms with E-state index in [4.69, 9.17) is 0 Å². The summed E-state index contributed by atoms with van der Waals surface area (Å²) in [6, 6.07) is 9.68. The van der Waals surface area contributed by atoms with E-state index in [0.29, 0.717) is 24.9 Å². The van der Waals surface area contributed by atoms with Crippen LogP contribution in [0.25, 0.3) is 0 Å². The molecule has 1 heterocycles. The highest BCUT2D eigenvalue weighted by Gasteiger charge is 2.35. The van der Waals surface area contributed by atoms with Crippen LogP contribution in [0.5, 0.6) is 0 Å². The van der Waals surface area contributed by atoms with Crippen LogP contribution in [-0.2, 0) is 0 Å². The van der Waals surface area contributed by atoms with E-state index in [2.05, 4.69) is 0 Å². The molecule has 0 radical (unpaired) electrons. The van der Waals surface area contributed by atoms with Gasteiger partial charge in [-0.05, 0) is 38.0 Å². The van der Waals surface area contributed by atoms with Crippen LogP contribution in [0, 0.1) is 18.6 Å². The first-order valence-corrected chi connectivity index (χ1v) is 7.84. The van der Waals surface area contributed by atoms with Gasteiger partial charge in [-0.3, -0.25) is 9.59 Å². The summed E-state index contributed by atoms with van der Waals surface area (Å²) in [6.07, 6.45) is 1.28. The number of aryl methyl sites for hydroxylation is 1. The van der Waals surface area contributed by atoms with Crippen molar-refractivity contribution in [3.05, 3.63) is 70.8 Å². The topological polar surface area (TPSA) is 37.4 Å². The highest BCUT2D eigenvalue weighted by molar-refractivity contribution is 6.04. The molecule has 0 bridgehead atoms. The summed E-state index contributed by atoms with van der Waals surface area (Å²) in [5, 5.41) is 0. The van der Waals surface area contributed by atoms with Gasteiger partial charge in [0.25, 0.3) is 5.91 Å². The molecule has 2 aromatic rings. The number of rotatable bonds is 3. The van der Waals surface area contributed by atoms with E-state index in [0.717, 1.165) is 17.7 Å². The van der Waals surface area contributed by atoms with E-state index in [1.807, 2.05) is 19.1 Å². The van der Waals surface area contributed by atoms with E-state index in [1.54, 1.807) is 12.1 Å². The van der Waals surface area contributed by atoms with Gasteiger partial charge in [0.05, 0.1) is 6.04 Å². The average molecular weight is 329 g/mol. The molecule has 1 amide bonds. The van der Waals surface area contributed by atoms with Crippen LogP contribution in [-0.4, -0.2) is 29.2 Å². The van der Waals surface area contributed by atoms with Crippen LogP contribution in [0.15, 0.2) is 42.5 Å². The fourth-order valence-corrected chi connectivity index (χ4v) is 2.99. The molecule has 1 atom stereocenters. The number of ketones is 1. The van der Waals surface area contributed by atoms with Crippen molar-refractivity contribution in [2.75, 3.05) is 6.54 Å². The third-order valence-electron chi connectivity index (χ3n) is 4.32. The summed E-state index contributed by atoms with van der Waals surface area (Å²) in [7, 11) is 0. The average Bonchev–Trinajstić information content (AvgIpc) is 3.06. The van der Waals surface area contributed by atoms with Gasteiger partial charge in [-0.15, -0.1) is 0 Å². The van der Waals surface area contributed by atoms with Gasteiger partial charge in [0, 0.05) is 17.7 Å². The molecule has 0 N–H and O–H groups in total. The minimum atomic E-state index is -1.07. The van der Waals surface area contributed by atoms with Gasteiger partial charge in [0.15, 0.2) is 17.4 Å². The Balaban J connectivity index is 1.84. The van der Waals surface area contributed by atoms with Crippen LogP contribution in [0.1, 0.15) is 39.1 Å². The first-order valence-electron chi connectivity index (χ1n) is 7.84. The Bertz CT molecular complexity index is 786. The highest BCUT2D eigenvalue weighted by atomic mass is 19.2. The predicted octanol–water partition coefficient (Wildman–Crippen LogP) is 3.76. The number of benzene rings is 2. The molecule has 0 spiro atoms. The minimum absolute atomic E-state index is 0.0532. The standard InChI is InChI=1S/C19H17F2NO2/c1-12-4-6-13(7-5-12)18(23)17-3-2-10-22(17)19(24)14-8-9-15(20)16(21)11-14/h4-9,11,17H,2-3,10H2,1H3. The number of carbonyl (C=O) groups is 2. The number of hydrogen-bond donors (Lipinski definition) is 0. The minimum Gasteiger partial charge on any atom is -0.328 e. The molecule has 0 aromatic heterocycles. The molecule has 24 heavy (non-hydrogen) atoms. The Labute approximate surface area is 138 Å². The Morgan fingerprint density at radius 1 is 1.00 bits per heavy atom. The Hall–Kier alpha value is -2.56. The fraction of sp³-hybridized carbons (Fsp3) is 0.263. The van der Waals surface area contributed by atoms with Crippen LogP contribution >= 0.6 is 0 Å². The number of amides is 1. The second-order valence-electron chi connectivity index (χ2n) is 6.02. The highest BCUT2D eigenvalue weighted by Crippen LogP contribution is 2.24. The molecule has 0 aliphatic carbocycles. The van der Waals surface area contributed by atoms with E-state index in [9.17, 15) is 18.4 Å². The van der Waals surface area contributed by atoms with Gasteiger partial charge in [0.2, 0.25) is 0 Å². The zero-order chi connectivity index (χ0) is 17.3. The Morgan fingerprint density at radius 2 is 1.67 bits per heavy atom. The molecule has 1 aliphatic heterocycles. The van der Waals surface area contributed by atoms with Crippen molar-refractivity contribution in [1.82, 2.24) is 4.90 Å². The molecule has 1 unspecified atom stereocenters. The van der Waals surface area contributed by atoms with Gasteiger partial charge >= 0.3 is 0 Å². The number of carbonyl (C=O) groups excluding carboxylic acids is 2. The molecule has 1 aliphatic rings. The molecule has 3 rings (SSSR count). The number of hydrogen-bond acceptors (Lipinski definition) is 2. The first-order chi connectivity index (χ1) is 11.5. The smallest absolute Gasteiger partial charge is 0.254 e. The maximum atomic E-state index is 13.4. The zero-order valence-corrected chi connectivity index (χ0v) is 13.3. The lowest BCUT2D eigenvalue weighted by Crippen LogP contribution is -2.40. The number of halogens is 2. The molecule has 5 heteroatoms. The molecule has 1 saturated heterocycles. The normalized spacial score (nSPS) is 17.1. The molecule has 2 aromatic carbocycles. The molecule has 124 valence electrons. The van der Waals surface area contributed by atoms with Crippen LogP contribution in [0.3, 0.4) is 0 Å². The van der Waals surface area contributed by atoms with Crippen molar-refractivity contribution in [3.63, 3.8) is 0 Å². The lowest BCUT2D eigenvalue weighted by molar-refractivity contribution is 0.0671. The Morgan fingerprint density at radius 3 is 2.33 bits per heavy atom. The van der Waals surface area contributed by atoms with Gasteiger partial charge in [-0.25, -0.2) is 8.78 Å². The van der Waals surface area contributed by atoms with Crippen molar-refractivity contribution in [1.29, 1.82) is 0 Å². The van der Waals surface area contributed by atoms with Crippen molar-refractivity contribution < 1.29 is 18.4 Å². The first kappa shape index (κ1) is 16.3. The summed E-state index contributed by atoms with van der Waals surface area (Å²) < 4.78 is 26.4. The molecule has 0 saturated carbocycles. The zero-order valence-electron chi connectivity index (χ0n) is 13.3. The number of nitrogens with zero attached hydrogens (tertiary/aromatic N) is 1. The van der Waals surface area contributed by atoms with Crippen molar-refractivity contribution in [2.45, 2.75) is 25.8 Å². The quantitative estimate of drug-likeness (QED) is 0.804. The largest absolute Gasteiger partial charge is 0.328 e. The summed E-state index contributed by atoms with van der Waals surface area (Å²) in [4.78, 5) is 26.7. The summed E-state index contributed by atoms with van der Waals surface area (Å²) in [5.74, 6) is -2.64. The predicted molar refractivity (Wildman–Crippen MR) is 85.9 cm³/mol. The second kappa shape index (κ2) is 6.51. The molecular formula is C19H17F2NO2. The number of likely N-dealkylation sites (tertiary alicyclic amines) is 1. The lowest BCUT2D eigenvalue weighted by atomic mass is 10.0. The van der Waals surface area contributed by atoms with Crippen LogP contribution < -0.4 is 0 Å². The summed E-state index contributed by atoms with van der Waals surface area (Å²) >= 11 is 0. The van der Waals surface area contributed by atoms with E-state index >= 15 is 0 Å². The molecule has 1 fully saturated rings. The van der Waals surface area contributed by atoms with E-state index in [-0.39, 0.29) is 11.3 Å². The second-order valence-corrected chi connectivity index (χ2v) is 6.02. The summed E-state index contributed by atoms with van der Waals surface area (Å²) in [6.45, 7) is 2.36. The molecular weight excluding hydrogens is 312 g/mol. The maximum Gasteiger partial charge on any atom is 0.254 e. The molecule has 3 nitrogen and oxygen atoms in total. The van der Waals surface area contributed by atoms with Crippen molar-refractivity contribution in [3.8, 4) is 0 Å². The van der Waals surface area contributed by atoms with E-state index in [1.165, 1.54) is 11.0 Å². The van der Waals surface area contributed by atoms with Crippen molar-refractivity contribution in [2.24, 2.45) is 0 Å². The van der Waals surface area contributed by atoms with Crippen LogP contribution in [0.4, 0.5) is 8.78 Å². The summed E-state index contributed by atoms with van der Waals surface area (Å²) in [5.41, 5.74) is 1.65. The van der Waals surface area contributed by atoms with Crippen molar-refractivity contribution >= 4 is 11.7 Å². The fourth-order valence-electron chi connectivity index (χ4n) is 2.99. The van der Waals surface area contributed by atoms with Gasteiger partial charge < -0.3 is 4.90 Å². The van der Waals surface area contributed by atoms with Gasteiger partial charge in [0.1, 0.15) is 0 Å². The van der Waals surface area contributed by atoms with E-state index < -0.39 is 23.6 Å².